The van der Waals surface area contributed by atoms with Gasteiger partial charge in [-0.25, -0.2) is 4.79 Å². The van der Waals surface area contributed by atoms with Crippen molar-refractivity contribution in [2.45, 2.75) is 25.9 Å². The molecule has 4 rings (SSSR count). The van der Waals surface area contributed by atoms with Crippen molar-refractivity contribution in [2.75, 3.05) is 31.6 Å². The van der Waals surface area contributed by atoms with Crippen molar-refractivity contribution in [3.05, 3.63) is 65.7 Å². The van der Waals surface area contributed by atoms with Gasteiger partial charge in [-0.3, -0.25) is 0 Å². The predicted molar refractivity (Wildman–Crippen MR) is 111 cm³/mol. The Bertz CT molecular complexity index is 872. The third-order valence-corrected chi connectivity index (χ3v) is 5.20. The maximum atomic E-state index is 12.8. The van der Waals surface area contributed by atoms with Gasteiger partial charge in [-0.1, -0.05) is 48.0 Å². The first-order valence-electron chi connectivity index (χ1n) is 9.84. The number of benzene rings is 2. The van der Waals surface area contributed by atoms with Gasteiger partial charge < -0.3 is 19.7 Å². The molecule has 2 aromatic carbocycles. The fourth-order valence-electron chi connectivity index (χ4n) is 3.61. The van der Waals surface area contributed by atoms with Crippen LogP contribution in [0.3, 0.4) is 0 Å². The maximum absolute atomic E-state index is 12.8. The highest BCUT2D eigenvalue weighted by atomic mass is 16.5. The lowest BCUT2D eigenvalue weighted by Gasteiger charge is -2.27. The highest BCUT2D eigenvalue weighted by Gasteiger charge is 2.21. The Morgan fingerprint density at radius 1 is 1.21 bits per heavy atom. The van der Waals surface area contributed by atoms with E-state index in [9.17, 15) is 4.79 Å². The van der Waals surface area contributed by atoms with E-state index in [2.05, 4.69) is 42.6 Å². The van der Waals surface area contributed by atoms with E-state index < -0.39 is 0 Å². The van der Waals surface area contributed by atoms with Crippen LogP contribution >= 0.6 is 0 Å². The summed E-state index contributed by atoms with van der Waals surface area (Å²) in [6, 6.07) is 16.0. The quantitative estimate of drug-likeness (QED) is 0.853. The first-order valence-corrected chi connectivity index (χ1v) is 9.84. The second-order valence-electron chi connectivity index (χ2n) is 7.32. The lowest BCUT2D eigenvalue weighted by Crippen LogP contribution is -2.38. The van der Waals surface area contributed by atoms with Crippen molar-refractivity contribution in [2.24, 2.45) is 0 Å². The standard InChI is InChI=1S/C23H26N2O3/c1-17-5-4-6-19(15-17)18-9-12-25(13-10-18)23(26)24-21-7-2-3-8-22(21)28-20-11-14-27-16-20/h2-9,15,20H,10-14,16H2,1H3,(H,24,26)/t20-/m1/s1. The normalized spacial score (nSPS) is 19.2. The minimum absolute atomic E-state index is 0.0489. The molecule has 2 aliphatic heterocycles. The number of nitrogens with one attached hydrogen (secondary N) is 1. The Balaban J connectivity index is 1.40. The summed E-state index contributed by atoms with van der Waals surface area (Å²) in [5.41, 5.74) is 4.51. The van der Waals surface area contributed by atoms with E-state index in [0.29, 0.717) is 31.1 Å². The molecular formula is C23H26N2O3. The van der Waals surface area contributed by atoms with Crippen molar-refractivity contribution in [3.8, 4) is 5.75 Å². The van der Waals surface area contributed by atoms with Crippen molar-refractivity contribution in [1.82, 2.24) is 4.90 Å². The first-order chi connectivity index (χ1) is 13.7. The lowest BCUT2D eigenvalue weighted by atomic mass is 9.98. The molecule has 0 saturated carbocycles. The largest absolute Gasteiger partial charge is 0.486 e. The minimum atomic E-state index is -0.0988. The Labute approximate surface area is 165 Å². The number of carbonyl (C=O) groups excluding carboxylic acids is 1. The number of nitrogens with zero attached hydrogens (tertiary/aromatic N) is 1. The molecule has 2 heterocycles. The fourth-order valence-corrected chi connectivity index (χ4v) is 3.61. The van der Waals surface area contributed by atoms with Crippen LogP contribution in [0.5, 0.6) is 5.75 Å². The molecule has 0 radical (unpaired) electrons. The van der Waals surface area contributed by atoms with Gasteiger partial charge in [-0.05, 0) is 36.6 Å². The molecular weight excluding hydrogens is 352 g/mol. The van der Waals surface area contributed by atoms with Crippen LogP contribution in [0.25, 0.3) is 5.57 Å². The molecule has 2 aromatic rings. The topological polar surface area (TPSA) is 50.8 Å². The monoisotopic (exact) mass is 378 g/mol. The van der Waals surface area contributed by atoms with E-state index in [1.165, 1.54) is 16.7 Å². The average Bonchev–Trinajstić information content (AvgIpc) is 3.23. The van der Waals surface area contributed by atoms with Crippen LogP contribution in [0.15, 0.2) is 54.6 Å². The third kappa shape index (κ3) is 4.37. The number of aryl methyl sites for hydroxylation is 1. The summed E-state index contributed by atoms with van der Waals surface area (Å²) in [5.74, 6) is 0.694. The molecule has 2 amide bonds. The number of carbonyl (C=O) groups is 1. The van der Waals surface area contributed by atoms with E-state index in [1.54, 1.807) is 0 Å². The number of urea groups is 1. The molecule has 1 saturated heterocycles. The van der Waals surface area contributed by atoms with Crippen molar-refractivity contribution >= 4 is 17.3 Å². The van der Waals surface area contributed by atoms with Crippen LogP contribution in [-0.4, -0.2) is 43.3 Å². The Hall–Kier alpha value is -2.79. The number of hydrogen-bond donors (Lipinski definition) is 1. The van der Waals surface area contributed by atoms with E-state index in [4.69, 9.17) is 9.47 Å². The Morgan fingerprint density at radius 2 is 2.11 bits per heavy atom. The lowest BCUT2D eigenvalue weighted by molar-refractivity contribution is 0.142. The van der Waals surface area contributed by atoms with Gasteiger partial charge in [-0.2, -0.15) is 0 Å². The van der Waals surface area contributed by atoms with Crippen LogP contribution in [0, 0.1) is 6.92 Å². The first kappa shape index (κ1) is 18.6. The zero-order valence-corrected chi connectivity index (χ0v) is 16.2. The molecule has 1 atom stereocenters. The highest BCUT2D eigenvalue weighted by molar-refractivity contribution is 5.91. The zero-order valence-electron chi connectivity index (χ0n) is 16.2. The molecule has 146 valence electrons. The molecule has 5 nitrogen and oxygen atoms in total. The second kappa shape index (κ2) is 8.48. The molecule has 0 aliphatic carbocycles. The summed E-state index contributed by atoms with van der Waals surface area (Å²) in [7, 11) is 0. The summed E-state index contributed by atoms with van der Waals surface area (Å²) in [6.07, 6.45) is 3.93. The number of hydrogen-bond acceptors (Lipinski definition) is 3. The van der Waals surface area contributed by atoms with Crippen LogP contribution in [0.1, 0.15) is 24.0 Å². The van der Waals surface area contributed by atoms with Crippen LogP contribution in [0.2, 0.25) is 0 Å². The number of rotatable bonds is 4. The Morgan fingerprint density at radius 3 is 2.86 bits per heavy atom. The van der Waals surface area contributed by atoms with Crippen LogP contribution in [-0.2, 0) is 4.74 Å². The van der Waals surface area contributed by atoms with E-state index in [1.807, 2.05) is 29.2 Å². The van der Waals surface area contributed by atoms with E-state index in [-0.39, 0.29) is 12.1 Å². The molecule has 0 unspecified atom stereocenters. The number of amides is 2. The average molecular weight is 378 g/mol. The van der Waals surface area contributed by atoms with Gasteiger partial charge in [0, 0.05) is 19.5 Å². The zero-order chi connectivity index (χ0) is 19.3. The smallest absolute Gasteiger partial charge is 0.322 e. The Kier molecular flexibility index (Phi) is 5.63. The summed E-state index contributed by atoms with van der Waals surface area (Å²) < 4.78 is 11.4. The van der Waals surface area contributed by atoms with Crippen molar-refractivity contribution < 1.29 is 14.3 Å². The van der Waals surface area contributed by atoms with Crippen molar-refractivity contribution in [3.63, 3.8) is 0 Å². The summed E-state index contributed by atoms with van der Waals surface area (Å²) in [4.78, 5) is 14.6. The number of anilines is 1. The summed E-state index contributed by atoms with van der Waals surface area (Å²) >= 11 is 0. The molecule has 0 spiro atoms. The van der Waals surface area contributed by atoms with Gasteiger partial charge in [0.15, 0.2) is 0 Å². The van der Waals surface area contributed by atoms with Crippen LogP contribution in [0.4, 0.5) is 10.5 Å². The van der Waals surface area contributed by atoms with Crippen molar-refractivity contribution in [1.29, 1.82) is 0 Å². The molecule has 0 bridgehead atoms. The molecule has 1 fully saturated rings. The third-order valence-electron chi connectivity index (χ3n) is 5.20. The highest BCUT2D eigenvalue weighted by Crippen LogP contribution is 2.28. The van der Waals surface area contributed by atoms with E-state index >= 15 is 0 Å². The predicted octanol–water partition coefficient (Wildman–Crippen LogP) is 4.48. The van der Waals surface area contributed by atoms with E-state index in [0.717, 1.165) is 19.4 Å². The van der Waals surface area contributed by atoms with Crippen LogP contribution < -0.4 is 10.1 Å². The molecule has 1 N–H and O–H groups in total. The van der Waals surface area contributed by atoms with Gasteiger partial charge in [0.25, 0.3) is 0 Å². The van der Waals surface area contributed by atoms with Gasteiger partial charge >= 0.3 is 6.03 Å². The number of ether oxygens (including phenoxy) is 2. The maximum Gasteiger partial charge on any atom is 0.322 e. The summed E-state index contributed by atoms with van der Waals surface area (Å²) in [5, 5.41) is 3.01. The fraction of sp³-hybridized carbons (Fsp3) is 0.348. The number of para-hydroxylation sites is 2. The summed E-state index contributed by atoms with van der Waals surface area (Å²) in [6.45, 7) is 4.73. The van der Waals surface area contributed by atoms with Gasteiger partial charge in [0.1, 0.15) is 11.9 Å². The van der Waals surface area contributed by atoms with Gasteiger partial charge in [0.05, 0.1) is 18.9 Å². The SMILES string of the molecule is Cc1cccc(C2=CCN(C(=O)Nc3ccccc3O[C@@H]3CCOC3)CC2)c1. The molecule has 5 heteroatoms. The van der Waals surface area contributed by atoms with Gasteiger partial charge in [0.2, 0.25) is 0 Å². The minimum Gasteiger partial charge on any atom is -0.486 e. The molecule has 28 heavy (non-hydrogen) atoms. The van der Waals surface area contributed by atoms with Gasteiger partial charge in [-0.15, -0.1) is 0 Å². The second-order valence-corrected chi connectivity index (χ2v) is 7.32. The molecule has 2 aliphatic rings. The molecule has 0 aromatic heterocycles.